The summed E-state index contributed by atoms with van der Waals surface area (Å²) in [6, 6.07) is 10.7. The molecule has 3 nitrogen and oxygen atoms in total. The van der Waals surface area contributed by atoms with Crippen LogP contribution in [0.15, 0.2) is 41.3 Å². The molecule has 1 aliphatic rings. The molecule has 3 rings (SSSR count). The summed E-state index contributed by atoms with van der Waals surface area (Å²) in [5.41, 5.74) is 2.59. The van der Waals surface area contributed by atoms with E-state index in [-0.39, 0.29) is 5.69 Å². The summed E-state index contributed by atoms with van der Waals surface area (Å²) in [4.78, 5) is 12.9. The summed E-state index contributed by atoms with van der Waals surface area (Å²) in [6.07, 6.45) is 10.3. The van der Waals surface area contributed by atoms with Crippen LogP contribution in [0.5, 0.6) is 0 Å². The maximum Gasteiger partial charge on any atom is 0.328 e. The Bertz CT molecular complexity index is 648. The van der Waals surface area contributed by atoms with Crippen LogP contribution in [0.2, 0.25) is 0 Å². The van der Waals surface area contributed by atoms with Crippen LogP contribution in [0.3, 0.4) is 0 Å². The lowest BCUT2D eigenvalue weighted by atomic mass is 9.95. The predicted octanol–water partition coefficient (Wildman–Crippen LogP) is 4.16. The SMILES string of the molecule is CCCc1cn(Cc2ccccc2)c(=O)n1C1CCCCC1. The quantitative estimate of drug-likeness (QED) is 0.814. The van der Waals surface area contributed by atoms with Gasteiger partial charge in [-0.3, -0.25) is 9.13 Å². The lowest BCUT2D eigenvalue weighted by molar-refractivity contribution is 0.337. The third-order valence-corrected chi connectivity index (χ3v) is 4.71. The van der Waals surface area contributed by atoms with Gasteiger partial charge in [0.05, 0.1) is 6.54 Å². The van der Waals surface area contributed by atoms with Gasteiger partial charge >= 0.3 is 5.69 Å². The molecule has 0 amide bonds. The zero-order chi connectivity index (χ0) is 15.4. The van der Waals surface area contributed by atoms with Crippen molar-refractivity contribution in [1.29, 1.82) is 0 Å². The van der Waals surface area contributed by atoms with E-state index in [1.807, 2.05) is 22.8 Å². The molecule has 3 heteroatoms. The topological polar surface area (TPSA) is 26.9 Å². The molecule has 0 bridgehead atoms. The Hall–Kier alpha value is -1.77. The summed E-state index contributed by atoms with van der Waals surface area (Å²) in [6.45, 7) is 2.86. The van der Waals surface area contributed by atoms with Gasteiger partial charge in [0, 0.05) is 17.9 Å². The van der Waals surface area contributed by atoms with Crippen LogP contribution in [0, 0.1) is 0 Å². The van der Waals surface area contributed by atoms with Crippen molar-refractivity contribution in [3.05, 3.63) is 58.3 Å². The van der Waals surface area contributed by atoms with Crippen LogP contribution >= 0.6 is 0 Å². The molecule has 0 radical (unpaired) electrons. The molecule has 0 N–H and O–H groups in total. The molecule has 0 spiro atoms. The largest absolute Gasteiger partial charge is 0.328 e. The van der Waals surface area contributed by atoms with Crippen molar-refractivity contribution in [3.8, 4) is 0 Å². The fourth-order valence-electron chi connectivity index (χ4n) is 3.62. The summed E-state index contributed by atoms with van der Waals surface area (Å²) < 4.78 is 4.00. The molecular weight excluding hydrogens is 272 g/mol. The minimum Gasteiger partial charge on any atom is -0.295 e. The second-order valence-electron chi connectivity index (χ2n) is 6.43. The van der Waals surface area contributed by atoms with E-state index in [0.29, 0.717) is 12.6 Å². The summed E-state index contributed by atoms with van der Waals surface area (Å²) in [7, 11) is 0. The third kappa shape index (κ3) is 3.18. The Morgan fingerprint density at radius 3 is 2.50 bits per heavy atom. The first-order chi connectivity index (χ1) is 10.8. The zero-order valence-corrected chi connectivity index (χ0v) is 13.5. The average molecular weight is 298 g/mol. The Balaban J connectivity index is 1.92. The fraction of sp³-hybridized carbons (Fsp3) is 0.526. The van der Waals surface area contributed by atoms with Crippen LogP contribution in [-0.4, -0.2) is 9.13 Å². The minimum atomic E-state index is 0.180. The van der Waals surface area contributed by atoms with Gasteiger partial charge in [-0.25, -0.2) is 4.79 Å². The lowest BCUT2D eigenvalue weighted by Crippen LogP contribution is -2.29. The van der Waals surface area contributed by atoms with Gasteiger partial charge in [0.25, 0.3) is 0 Å². The summed E-state index contributed by atoms with van der Waals surface area (Å²) >= 11 is 0. The average Bonchev–Trinajstić information content (AvgIpc) is 2.85. The van der Waals surface area contributed by atoms with Crippen molar-refractivity contribution in [2.24, 2.45) is 0 Å². The van der Waals surface area contributed by atoms with Gasteiger partial charge in [-0.1, -0.05) is 62.9 Å². The summed E-state index contributed by atoms with van der Waals surface area (Å²) in [5.74, 6) is 0. The van der Waals surface area contributed by atoms with Crippen molar-refractivity contribution in [2.45, 2.75) is 64.5 Å². The Morgan fingerprint density at radius 1 is 1.09 bits per heavy atom. The Labute approximate surface area is 132 Å². The molecular formula is C19H26N2O. The van der Waals surface area contributed by atoms with E-state index in [0.717, 1.165) is 25.7 Å². The van der Waals surface area contributed by atoms with E-state index in [1.54, 1.807) is 0 Å². The predicted molar refractivity (Wildman–Crippen MR) is 90.4 cm³/mol. The standard InChI is InChI=1S/C19H26N2O/c1-2-9-18-15-20(14-16-10-5-3-6-11-16)19(22)21(18)17-12-7-4-8-13-17/h3,5-6,10-11,15,17H,2,4,7-9,12-14H2,1H3. The number of rotatable bonds is 5. The second-order valence-corrected chi connectivity index (χ2v) is 6.43. The Kier molecular flexibility index (Phi) is 4.81. The van der Waals surface area contributed by atoms with E-state index in [1.165, 1.54) is 30.5 Å². The van der Waals surface area contributed by atoms with Gasteiger partial charge in [0.1, 0.15) is 0 Å². The van der Waals surface area contributed by atoms with Gasteiger partial charge in [-0.05, 0) is 24.8 Å². The molecule has 0 saturated heterocycles. The van der Waals surface area contributed by atoms with Gasteiger partial charge in [-0.15, -0.1) is 0 Å². The molecule has 0 atom stereocenters. The zero-order valence-electron chi connectivity index (χ0n) is 13.5. The number of hydrogen-bond donors (Lipinski definition) is 0. The van der Waals surface area contributed by atoms with E-state index >= 15 is 0 Å². The maximum absolute atomic E-state index is 12.9. The molecule has 0 aliphatic heterocycles. The highest BCUT2D eigenvalue weighted by atomic mass is 16.1. The molecule has 2 aromatic rings. The van der Waals surface area contributed by atoms with Gasteiger partial charge in [0.15, 0.2) is 0 Å². The van der Waals surface area contributed by atoms with E-state index in [9.17, 15) is 4.79 Å². The lowest BCUT2D eigenvalue weighted by Gasteiger charge is -2.24. The van der Waals surface area contributed by atoms with E-state index in [2.05, 4.69) is 29.8 Å². The van der Waals surface area contributed by atoms with Gasteiger partial charge in [-0.2, -0.15) is 0 Å². The molecule has 0 unspecified atom stereocenters. The highest BCUT2D eigenvalue weighted by Crippen LogP contribution is 2.28. The van der Waals surface area contributed by atoms with Crippen molar-refractivity contribution < 1.29 is 0 Å². The molecule has 1 heterocycles. The van der Waals surface area contributed by atoms with Crippen molar-refractivity contribution >= 4 is 0 Å². The van der Waals surface area contributed by atoms with Crippen molar-refractivity contribution in [3.63, 3.8) is 0 Å². The smallest absolute Gasteiger partial charge is 0.295 e. The van der Waals surface area contributed by atoms with Crippen LogP contribution in [0.4, 0.5) is 0 Å². The molecule has 1 fully saturated rings. The van der Waals surface area contributed by atoms with Gasteiger partial charge < -0.3 is 0 Å². The molecule has 1 aliphatic carbocycles. The van der Waals surface area contributed by atoms with Crippen molar-refractivity contribution in [2.75, 3.05) is 0 Å². The number of aryl methyl sites for hydroxylation is 1. The first-order valence-electron chi connectivity index (χ1n) is 8.64. The van der Waals surface area contributed by atoms with Crippen molar-refractivity contribution in [1.82, 2.24) is 9.13 Å². The first-order valence-corrected chi connectivity index (χ1v) is 8.64. The number of aromatic nitrogens is 2. The molecule has 118 valence electrons. The normalized spacial score (nSPS) is 16.0. The van der Waals surface area contributed by atoms with Crippen LogP contribution in [-0.2, 0) is 13.0 Å². The highest BCUT2D eigenvalue weighted by Gasteiger charge is 2.21. The fourth-order valence-corrected chi connectivity index (χ4v) is 3.62. The second kappa shape index (κ2) is 6.99. The molecule has 1 aromatic carbocycles. The van der Waals surface area contributed by atoms with E-state index < -0.39 is 0 Å². The van der Waals surface area contributed by atoms with Crippen LogP contribution in [0.1, 0.15) is 62.7 Å². The van der Waals surface area contributed by atoms with Crippen LogP contribution < -0.4 is 5.69 Å². The number of benzene rings is 1. The number of hydrogen-bond acceptors (Lipinski definition) is 1. The number of imidazole rings is 1. The van der Waals surface area contributed by atoms with Gasteiger partial charge in [0.2, 0.25) is 0 Å². The van der Waals surface area contributed by atoms with Crippen LogP contribution in [0.25, 0.3) is 0 Å². The molecule has 22 heavy (non-hydrogen) atoms. The third-order valence-electron chi connectivity index (χ3n) is 4.71. The minimum absolute atomic E-state index is 0.180. The molecule has 1 saturated carbocycles. The van der Waals surface area contributed by atoms with E-state index in [4.69, 9.17) is 0 Å². The highest BCUT2D eigenvalue weighted by molar-refractivity contribution is 5.16. The maximum atomic E-state index is 12.9. The first kappa shape index (κ1) is 15.1. The Morgan fingerprint density at radius 2 is 1.82 bits per heavy atom. The number of nitrogens with zero attached hydrogens (tertiary/aromatic N) is 2. The summed E-state index contributed by atoms with van der Waals surface area (Å²) in [5, 5.41) is 0. The molecule has 1 aromatic heterocycles. The monoisotopic (exact) mass is 298 g/mol.